The highest BCUT2D eigenvalue weighted by molar-refractivity contribution is 7.88. The van der Waals surface area contributed by atoms with Crippen LogP contribution in [-0.4, -0.2) is 60.7 Å². The molecule has 0 aliphatic carbocycles. The molecule has 0 atom stereocenters. The van der Waals surface area contributed by atoms with Crippen LogP contribution in [0, 0.1) is 5.82 Å². The van der Waals surface area contributed by atoms with Gasteiger partial charge in [0.1, 0.15) is 5.82 Å². The Balaban J connectivity index is 1.49. The van der Waals surface area contributed by atoms with Crippen molar-refractivity contribution < 1.29 is 17.3 Å². The number of halogens is 2. The van der Waals surface area contributed by atoms with Gasteiger partial charge < -0.3 is 4.52 Å². The first-order chi connectivity index (χ1) is 12.2. The van der Waals surface area contributed by atoms with Gasteiger partial charge in [0, 0.05) is 39.6 Å². The highest BCUT2D eigenvalue weighted by atomic mass is 35.5. The van der Waals surface area contributed by atoms with Crippen LogP contribution >= 0.6 is 11.6 Å². The number of hydrogen-bond donors (Lipinski definition) is 0. The second-order valence-corrected chi connectivity index (χ2v) is 9.02. The van der Waals surface area contributed by atoms with Crippen LogP contribution in [0.4, 0.5) is 4.39 Å². The van der Waals surface area contributed by atoms with Crippen LogP contribution < -0.4 is 0 Å². The van der Waals surface area contributed by atoms with Crippen molar-refractivity contribution in [3.63, 3.8) is 0 Å². The molecule has 3 rings (SSSR count). The molecule has 1 aliphatic rings. The van der Waals surface area contributed by atoms with Crippen LogP contribution in [-0.2, 0) is 23.0 Å². The van der Waals surface area contributed by atoms with Crippen molar-refractivity contribution in [2.45, 2.75) is 18.9 Å². The monoisotopic (exact) mass is 402 g/mol. The van der Waals surface area contributed by atoms with Crippen LogP contribution in [0.25, 0.3) is 0 Å². The van der Waals surface area contributed by atoms with Gasteiger partial charge in [0.25, 0.3) is 0 Å². The third kappa shape index (κ3) is 4.59. The Morgan fingerprint density at radius 1 is 1.42 bits per heavy atom. The molecule has 0 radical (unpaired) electrons. The number of sulfonamides is 1. The van der Waals surface area contributed by atoms with Crippen LogP contribution in [0.1, 0.15) is 23.2 Å². The number of aromatic nitrogens is 2. The minimum atomic E-state index is -3.21. The van der Waals surface area contributed by atoms with E-state index in [2.05, 4.69) is 15.0 Å². The quantitative estimate of drug-likeness (QED) is 0.703. The molecule has 1 saturated heterocycles. The summed E-state index contributed by atoms with van der Waals surface area (Å²) < 4.78 is 42.8. The average molecular weight is 403 g/mol. The van der Waals surface area contributed by atoms with E-state index in [1.165, 1.54) is 17.4 Å². The molecule has 7 nitrogen and oxygen atoms in total. The van der Waals surface area contributed by atoms with Crippen molar-refractivity contribution in [2.75, 3.05) is 32.9 Å². The zero-order valence-electron chi connectivity index (χ0n) is 14.5. The lowest BCUT2D eigenvalue weighted by molar-refractivity contribution is 0.117. The Hall–Kier alpha value is -1.55. The van der Waals surface area contributed by atoms with E-state index in [0.717, 1.165) is 24.9 Å². The van der Waals surface area contributed by atoms with Gasteiger partial charge in [-0.25, -0.2) is 17.1 Å². The number of benzene rings is 1. The zero-order chi connectivity index (χ0) is 18.9. The molecule has 2 heterocycles. The SMILES string of the molecule is CN(CCc1noc(C2CN(Cc3ccc(Cl)c(F)c3)C2)n1)S(C)(=O)=O. The number of likely N-dealkylation sites (tertiary alicyclic amines) is 1. The van der Waals surface area contributed by atoms with E-state index in [1.54, 1.807) is 6.07 Å². The summed E-state index contributed by atoms with van der Waals surface area (Å²) in [5.74, 6) is 0.775. The molecule has 142 valence electrons. The molecule has 0 unspecified atom stereocenters. The fourth-order valence-electron chi connectivity index (χ4n) is 2.71. The van der Waals surface area contributed by atoms with Crippen molar-refractivity contribution in [3.8, 4) is 0 Å². The van der Waals surface area contributed by atoms with E-state index in [1.807, 2.05) is 6.07 Å². The van der Waals surface area contributed by atoms with Crippen LogP contribution in [0.3, 0.4) is 0 Å². The first-order valence-corrected chi connectivity index (χ1v) is 10.3. The maximum absolute atomic E-state index is 13.5. The summed E-state index contributed by atoms with van der Waals surface area (Å²) in [4.78, 5) is 6.50. The molecule has 0 amide bonds. The largest absolute Gasteiger partial charge is 0.339 e. The normalized spacial score (nSPS) is 16.2. The van der Waals surface area contributed by atoms with Crippen molar-refractivity contribution in [1.29, 1.82) is 0 Å². The van der Waals surface area contributed by atoms with Crippen LogP contribution in [0.5, 0.6) is 0 Å². The van der Waals surface area contributed by atoms with Gasteiger partial charge in [-0.2, -0.15) is 4.98 Å². The Labute approximate surface area is 156 Å². The van der Waals surface area contributed by atoms with Crippen molar-refractivity contribution in [3.05, 3.63) is 46.3 Å². The fraction of sp³-hybridized carbons (Fsp3) is 0.500. The van der Waals surface area contributed by atoms with Gasteiger partial charge >= 0.3 is 0 Å². The fourth-order valence-corrected chi connectivity index (χ4v) is 3.25. The predicted molar refractivity (Wildman–Crippen MR) is 94.9 cm³/mol. The van der Waals surface area contributed by atoms with E-state index in [9.17, 15) is 12.8 Å². The Kier molecular flexibility index (Phi) is 5.61. The molecule has 1 aliphatic heterocycles. The van der Waals surface area contributed by atoms with Crippen molar-refractivity contribution in [2.24, 2.45) is 0 Å². The molecule has 0 saturated carbocycles. The van der Waals surface area contributed by atoms with Crippen LogP contribution in [0.15, 0.2) is 22.7 Å². The van der Waals surface area contributed by atoms with E-state index in [0.29, 0.717) is 31.2 Å². The predicted octanol–water partition coefficient (Wildman–Crippen LogP) is 1.90. The molecule has 0 spiro atoms. The first kappa shape index (κ1) is 19.2. The Bertz CT molecular complexity index is 883. The second kappa shape index (κ2) is 7.59. The second-order valence-electron chi connectivity index (χ2n) is 6.52. The topological polar surface area (TPSA) is 79.5 Å². The Morgan fingerprint density at radius 2 is 2.15 bits per heavy atom. The highest BCUT2D eigenvalue weighted by Gasteiger charge is 2.32. The molecular weight excluding hydrogens is 383 g/mol. The standard InChI is InChI=1S/C16H20ClFN4O3S/c1-21(26(2,23)24)6-5-15-19-16(25-20-15)12-9-22(10-12)8-11-3-4-13(17)14(18)7-11/h3-4,7,12H,5-6,8-10H2,1-2H3. The smallest absolute Gasteiger partial charge is 0.232 e. The Morgan fingerprint density at radius 3 is 2.81 bits per heavy atom. The minimum absolute atomic E-state index is 0.121. The lowest BCUT2D eigenvalue weighted by Gasteiger charge is -2.37. The van der Waals surface area contributed by atoms with E-state index in [-0.39, 0.29) is 10.9 Å². The number of hydrogen-bond acceptors (Lipinski definition) is 6. The highest BCUT2D eigenvalue weighted by Crippen LogP contribution is 2.28. The lowest BCUT2D eigenvalue weighted by Crippen LogP contribution is -2.44. The molecule has 0 N–H and O–H groups in total. The van der Waals surface area contributed by atoms with Gasteiger partial charge in [-0.05, 0) is 17.7 Å². The number of rotatable bonds is 7. The van der Waals surface area contributed by atoms with Crippen molar-refractivity contribution >= 4 is 21.6 Å². The number of nitrogens with zero attached hydrogens (tertiary/aromatic N) is 4. The van der Waals surface area contributed by atoms with E-state index in [4.69, 9.17) is 16.1 Å². The molecule has 10 heteroatoms. The number of likely N-dealkylation sites (N-methyl/N-ethyl adjacent to an activating group) is 1. The summed E-state index contributed by atoms with van der Waals surface area (Å²) in [5.41, 5.74) is 0.861. The lowest BCUT2D eigenvalue weighted by atomic mass is 9.99. The maximum atomic E-state index is 13.5. The molecular formula is C16H20ClFN4O3S. The van der Waals surface area contributed by atoms with Crippen LogP contribution in [0.2, 0.25) is 5.02 Å². The summed E-state index contributed by atoms with van der Waals surface area (Å²) in [5, 5.41) is 4.03. The summed E-state index contributed by atoms with van der Waals surface area (Å²) in [6.45, 7) is 2.42. The minimum Gasteiger partial charge on any atom is -0.339 e. The van der Waals surface area contributed by atoms with E-state index < -0.39 is 15.8 Å². The molecule has 1 fully saturated rings. The third-order valence-electron chi connectivity index (χ3n) is 4.40. The molecule has 1 aromatic heterocycles. The summed E-state index contributed by atoms with van der Waals surface area (Å²) in [6.07, 6.45) is 1.55. The molecule has 1 aromatic carbocycles. The zero-order valence-corrected chi connectivity index (χ0v) is 16.1. The first-order valence-electron chi connectivity index (χ1n) is 8.12. The molecule has 0 bridgehead atoms. The third-order valence-corrected chi connectivity index (χ3v) is 6.02. The van der Waals surface area contributed by atoms with Gasteiger partial charge in [-0.15, -0.1) is 0 Å². The van der Waals surface area contributed by atoms with Gasteiger partial charge in [-0.1, -0.05) is 22.8 Å². The average Bonchev–Trinajstić information content (AvgIpc) is 2.99. The van der Waals surface area contributed by atoms with Gasteiger partial charge in [0.15, 0.2) is 5.82 Å². The summed E-state index contributed by atoms with van der Waals surface area (Å²) >= 11 is 5.69. The molecule has 2 aromatic rings. The van der Waals surface area contributed by atoms with E-state index >= 15 is 0 Å². The maximum Gasteiger partial charge on any atom is 0.232 e. The molecule has 26 heavy (non-hydrogen) atoms. The van der Waals surface area contributed by atoms with Crippen molar-refractivity contribution in [1.82, 2.24) is 19.3 Å². The summed E-state index contributed by atoms with van der Waals surface area (Å²) in [7, 11) is -1.70. The van der Waals surface area contributed by atoms with Gasteiger partial charge in [0.05, 0.1) is 17.2 Å². The van der Waals surface area contributed by atoms with Gasteiger partial charge in [-0.3, -0.25) is 4.90 Å². The van der Waals surface area contributed by atoms with Gasteiger partial charge in [0.2, 0.25) is 15.9 Å². The summed E-state index contributed by atoms with van der Waals surface area (Å²) in [6, 6.07) is 4.81.